The molecule has 0 unspecified atom stereocenters. The minimum absolute atomic E-state index is 0.106. The smallest absolute Gasteiger partial charge is 0.238 e. The van der Waals surface area contributed by atoms with E-state index < -0.39 is 16.1 Å². The standard InChI is InChI=1S/C18H22N2O3S/c1-12-3-4-13(2)16(9-12)18(21)11-20-8-7-14-5-6-15(10-17(14)20)24(19,22)23/h3-6,9-10,18,21H,7-8,11H2,1-2H3,(H2,19,22,23)/t18-/m1/s1. The van der Waals surface area contributed by atoms with Crippen molar-refractivity contribution in [2.24, 2.45) is 5.14 Å². The number of rotatable bonds is 4. The zero-order chi connectivity index (χ0) is 17.5. The first kappa shape index (κ1) is 17.0. The van der Waals surface area contributed by atoms with Crippen LogP contribution >= 0.6 is 0 Å². The van der Waals surface area contributed by atoms with Gasteiger partial charge in [-0.1, -0.05) is 29.8 Å². The Morgan fingerprint density at radius 3 is 2.67 bits per heavy atom. The Bertz CT molecular complexity index is 878. The lowest BCUT2D eigenvalue weighted by Crippen LogP contribution is -2.27. The predicted octanol–water partition coefficient (Wildman–Crippen LogP) is 2.05. The number of fused-ring (bicyclic) bond motifs is 1. The Morgan fingerprint density at radius 2 is 1.96 bits per heavy atom. The van der Waals surface area contributed by atoms with Crippen molar-refractivity contribution >= 4 is 15.7 Å². The molecule has 3 rings (SSSR count). The minimum Gasteiger partial charge on any atom is -0.387 e. The van der Waals surface area contributed by atoms with E-state index in [1.54, 1.807) is 18.2 Å². The molecule has 1 aliphatic heterocycles. The van der Waals surface area contributed by atoms with Crippen LogP contribution in [0, 0.1) is 13.8 Å². The van der Waals surface area contributed by atoms with E-state index in [2.05, 4.69) is 0 Å². The monoisotopic (exact) mass is 346 g/mol. The van der Waals surface area contributed by atoms with Gasteiger partial charge in [0.1, 0.15) is 0 Å². The quantitative estimate of drug-likeness (QED) is 0.887. The summed E-state index contributed by atoms with van der Waals surface area (Å²) in [5.41, 5.74) is 4.98. The molecule has 0 saturated heterocycles. The van der Waals surface area contributed by atoms with Gasteiger partial charge in [0.15, 0.2) is 0 Å². The Hall–Kier alpha value is -1.89. The molecule has 0 bridgehead atoms. The van der Waals surface area contributed by atoms with Crippen LogP contribution in [0.4, 0.5) is 5.69 Å². The fourth-order valence-corrected chi connectivity index (χ4v) is 3.75. The normalized spacial score (nSPS) is 15.4. The van der Waals surface area contributed by atoms with Crippen molar-refractivity contribution in [2.45, 2.75) is 31.3 Å². The van der Waals surface area contributed by atoms with Gasteiger partial charge in [-0.15, -0.1) is 0 Å². The van der Waals surface area contributed by atoms with Crippen LogP contribution in [0.5, 0.6) is 0 Å². The number of benzene rings is 2. The zero-order valence-corrected chi connectivity index (χ0v) is 14.7. The number of hydrogen-bond donors (Lipinski definition) is 2. The van der Waals surface area contributed by atoms with E-state index in [9.17, 15) is 13.5 Å². The number of aryl methyl sites for hydroxylation is 2. The molecule has 3 N–H and O–H groups in total. The molecule has 0 spiro atoms. The molecule has 128 valence electrons. The number of nitrogens with two attached hydrogens (primary N) is 1. The molecule has 1 aliphatic rings. The Morgan fingerprint density at radius 1 is 1.21 bits per heavy atom. The molecule has 0 aliphatic carbocycles. The van der Waals surface area contributed by atoms with E-state index in [-0.39, 0.29) is 4.90 Å². The van der Waals surface area contributed by atoms with Gasteiger partial charge in [0.05, 0.1) is 11.0 Å². The van der Waals surface area contributed by atoms with Crippen molar-refractivity contribution in [3.8, 4) is 0 Å². The zero-order valence-electron chi connectivity index (χ0n) is 13.9. The number of sulfonamides is 1. The summed E-state index contributed by atoms with van der Waals surface area (Å²) in [6, 6.07) is 11.0. The third-order valence-electron chi connectivity index (χ3n) is 4.56. The largest absolute Gasteiger partial charge is 0.387 e. The van der Waals surface area contributed by atoms with E-state index in [4.69, 9.17) is 5.14 Å². The molecule has 2 aromatic rings. The van der Waals surface area contributed by atoms with Crippen molar-refractivity contribution < 1.29 is 13.5 Å². The van der Waals surface area contributed by atoms with Gasteiger partial charge in [0, 0.05) is 18.8 Å². The summed E-state index contributed by atoms with van der Waals surface area (Å²) in [5.74, 6) is 0. The maximum atomic E-state index is 11.6. The van der Waals surface area contributed by atoms with Crippen molar-refractivity contribution in [2.75, 3.05) is 18.0 Å². The third kappa shape index (κ3) is 3.31. The van der Waals surface area contributed by atoms with Crippen molar-refractivity contribution in [3.05, 3.63) is 58.7 Å². The average Bonchev–Trinajstić information content (AvgIpc) is 2.91. The summed E-state index contributed by atoms with van der Waals surface area (Å²) in [6.45, 7) is 5.16. The highest BCUT2D eigenvalue weighted by molar-refractivity contribution is 7.89. The van der Waals surface area contributed by atoms with Gasteiger partial charge in [0.25, 0.3) is 0 Å². The van der Waals surface area contributed by atoms with Crippen LogP contribution in [0.3, 0.4) is 0 Å². The second kappa shape index (κ2) is 6.20. The second-order valence-corrected chi connectivity index (χ2v) is 7.97. The molecule has 24 heavy (non-hydrogen) atoms. The van der Waals surface area contributed by atoms with Crippen LogP contribution in [0.2, 0.25) is 0 Å². The van der Waals surface area contributed by atoms with Crippen molar-refractivity contribution in [3.63, 3.8) is 0 Å². The van der Waals surface area contributed by atoms with Crippen LogP contribution in [0.15, 0.2) is 41.3 Å². The molecule has 6 heteroatoms. The van der Waals surface area contributed by atoms with Gasteiger partial charge in [-0.25, -0.2) is 13.6 Å². The van der Waals surface area contributed by atoms with Gasteiger partial charge in [-0.2, -0.15) is 0 Å². The van der Waals surface area contributed by atoms with E-state index in [1.807, 2.05) is 36.9 Å². The number of primary sulfonamides is 1. The highest BCUT2D eigenvalue weighted by atomic mass is 32.2. The molecule has 1 atom stereocenters. The molecule has 5 nitrogen and oxygen atoms in total. The molecule has 0 fully saturated rings. The first-order valence-corrected chi connectivity index (χ1v) is 9.46. The number of anilines is 1. The molecular formula is C18H22N2O3S. The summed E-state index contributed by atoms with van der Waals surface area (Å²) in [7, 11) is -3.73. The number of β-amino-alcohol motifs (C(OH)–C–C–N with tert-alkyl or cyclic N) is 1. The van der Waals surface area contributed by atoms with Crippen molar-refractivity contribution in [1.82, 2.24) is 0 Å². The van der Waals surface area contributed by atoms with Gasteiger partial charge < -0.3 is 10.0 Å². The second-order valence-electron chi connectivity index (χ2n) is 6.41. The molecule has 2 aromatic carbocycles. The fraction of sp³-hybridized carbons (Fsp3) is 0.333. The van der Waals surface area contributed by atoms with Gasteiger partial charge in [-0.05, 0) is 49.1 Å². The first-order valence-electron chi connectivity index (χ1n) is 7.91. The van der Waals surface area contributed by atoms with Crippen LogP contribution < -0.4 is 10.0 Å². The van der Waals surface area contributed by atoms with E-state index in [1.165, 1.54) is 0 Å². The molecule has 1 heterocycles. The summed E-state index contributed by atoms with van der Waals surface area (Å²) in [6.07, 6.45) is 0.203. The highest BCUT2D eigenvalue weighted by Gasteiger charge is 2.24. The van der Waals surface area contributed by atoms with Crippen LogP contribution in [-0.2, 0) is 16.4 Å². The maximum absolute atomic E-state index is 11.6. The van der Waals surface area contributed by atoms with Gasteiger partial charge >= 0.3 is 0 Å². The summed E-state index contributed by atoms with van der Waals surface area (Å²) in [5, 5.41) is 15.9. The molecule has 0 aromatic heterocycles. The Kier molecular flexibility index (Phi) is 4.38. The van der Waals surface area contributed by atoms with E-state index >= 15 is 0 Å². The third-order valence-corrected chi connectivity index (χ3v) is 5.48. The lowest BCUT2D eigenvalue weighted by atomic mass is 10.0. The van der Waals surface area contributed by atoms with E-state index in [0.717, 1.165) is 40.9 Å². The highest BCUT2D eigenvalue weighted by Crippen LogP contribution is 2.32. The lowest BCUT2D eigenvalue weighted by Gasteiger charge is -2.24. The minimum atomic E-state index is -3.73. The van der Waals surface area contributed by atoms with Gasteiger partial charge in [-0.3, -0.25) is 0 Å². The number of hydrogen-bond acceptors (Lipinski definition) is 4. The Balaban J connectivity index is 1.87. The SMILES string of the molecule is Cc1ccc(C)c([C@H](O)CN2CCc3ccc(S(N)(=O)=O)cc32)c1. The molecule has 0 saturated carbocycles. The van der Waals surface area contributed by atoms with Crippen LogP contribution in [0.25, 0.3) is 0 Å². The summed E-state index contributed by atoms with van der Waals surface area (Å²) >= 11 is 0. The van der Waals surface area contributed by atoms with Gasteiger partial charge in [0.2, 0.25) is 10.0 Å². The molecule has 0 radical (unpaired) electrons. The Labute approximate surface area is 142 Å². The lowest BCUT2D eigenvalue weighted by molar-refractivity contribution is 0.183. The number of nitrogens with zero attached hydrogens (tertiary/aromatic N) is 1. The topological polar surface area (TPSA) is 83.6 Å². The first-order chi connectivity index (χ1) is 11.3. The maximum Gasteiger partial charge on any atom is 0.238 e. The van der Waals surface area contributed by atoms with Crippen LogP contribution in [0.1, 0.15) is 28.4 Å². The van der Waals surface area contributed by atoms with Crippen molar-refractivity contribution in [1.29, 1.82) is 0 Å². The summed E-state index contributed by atoms with van der Waals surface area (Å²) < 4.78 is 23.2. The predicted molar refractivity (Wildman–Crippen MR) is 94.6 cm³/mol. The molecule has 0 amide bonds. The molecular weight excluding hydrogens is 324 g/mol. The summed E-state index contributed by atoms with van der Waals surface area (Å²) in [4.78, 5) is 2.13. The number of aliphatic hydroxyl groups is 1. The van der Waals surface area contributed by atoms with Crippen LogP contribution in [-0.4, -0.2) is 26.6 Å². The fourth-order valence-electron chi connectivity index (χ4n) is 3.22. The number of aliphatic hydroxyl groups excluding tert-OH is 1. The van der Waals surface area contributed by atoms with E-state index in [0.29, 0.717) is 6.54 Å². The average molecular weight is 346 g/mol.